The van der Waals surface area contributed by atoms with Crippen molar-refractivity contribution >= 4 is 35.6 Å². The van der Waals surface area contributed by atoms with E-state index in [0.717, 1.165) is 12.2 Å². The number of hydrogen-bond donors (Lipinski definition) is 6. The van der Waals surface area contributed by atoms with E-state index in [0.29, 0.717) is 51.6 Å². The lowest BCUT2D eigenvalue weighted by Gasteiger charge is -2.29. The molecule has 12 heteroatoms. The highest BCUT2D eigenvalue weighted by atomic mass is 16.4. The molecule has 0 bridgehead atoms. The van der Waals surface area contributed by atoms with Crippen LogP contribution in [0.2, 0.25) is 0 Å². The molecule has 1 aliphatic heterocycles. The van der Waals surface area contributed by atoms with Crippen LogP contribution in [0.15, 0.2) is 12.2 Å². The first-order valence-corrected chi connectivity index (χ1v) is 10.5. The van der Waals surface area contributed by atoms with Crippen LogP contribution in [0.25, 0.3) is 0 Å². The highest BCUT2D eigenvalue weighted by Crippen LogP contribution is 2.10. The van der Waals surface area contributed by atoms with Crippen LogP contribution in [-0.2, 0) is 28.8 Å². The Balaban J connectivity index is 2.17. The second-order valence-corrected chi connectivity index (χ2v) is 7.32. The van der Waals surface area contributed by atoms with Gasteiger partial charge in [0.25, 0.3) is 0 Å². The van der Waals surface area contributed by atoms with Gasteiger partial charge in [-0.15, -0.1) is 0 Å². The zero-order valence-electron chi connectivity index (χ0n) is 17.7. The topological polar surface area (TPSA) is 191 Å². The van der Waals surface area contributed by atoms with Gasteiger partial charge in [-0.3, -0.25) is 24.0 Å². The predicted octanol–water partition coefficient (Wildman–Crippen LogP) is -0.952. The van der Waals surface area contributed by atoms with Crippen LogP contribution in [0.3, 0.4) is 0 Å². The van der Waals surface area contributed by atoms with Crippen molar-refractivity contribution in [2.75, 3.05) is 13.1 Å². The molecular weight excluding hydrogens is 424 g/mol. The SMILES string of the molecule is O=C(O)/C=C/C(=O)NCCCCC1NC(=O)C(CCCCNC(=O)CCC(=O)O)NC1=O. The summed E-state index contributed by atoms with van der Waals surface area (Å²) in [6, 6.07) is -1.28. The van der Waals surface area contributed by atoms with E-state index in [4.69, 9.17) is 10.2 Å². The van der Waals surface area contributed by atoms with Crippen molar-refractivity contribution in [1.82, 2.24) is 21.3 Å². The summed E-state index contributed by atoms with van der Waals surface area (Å²) in [6.07, 6.45) is 4.52. The van der Waals surface area contributed by atoms with Crippen molar-refractivity contribution in [2.24, 2.45) is 0 Å². The highest BCUT2D eigenvalue weighted by molar-refractivity contribution is 5.97. The molecule has 1 heterocycles. The lowest BCUT2D eigenvalue weighted by atomic mass is 10.0. The fraction of sp³-hybridized carbons (Fsp3) is 0.600. The Morgan fingerprint density at radius 3 is 1.81 bits per heavy atom. The third kappa shape index (κ3) is 11.7. The fourth-order valence-electron chi connectivity index (χ4n) is 2.98. The highest BCUT2D eigenvalue weighted by Gasteiger charge is 2.32. The molecule has 0 aliphatic carbocycles. The summed E-state index contributed by atoms with van der Waals surface area (Å²) in [7, 11) is 0. The predicted molar refractivity (Wildman–Crippen MR) is 111 cm³/mol. The molecule has 0 radical (unpaired) electrons. The van der Waals surface area contributed by atoms with Crippen LogP contribution >= 0.6 is 0 Å². The van der Waals surface area contributed by atoms with Crippen LogP contribution in [-0.4, -0.2) is 71.0 Å². The van der Waals surface area contributed by atoms with Crippen molar-refractivity contribution in [2.45, 2.75) is 63.5 Å². The van der Waals surface area contributed by atoms with Gasteiger partial charge in [-0.25, -0.2) is 4.79 Å². The van der Waals surface area contributed by atoms with E-state index >= 15 is 0 Å². The summed E-state index contributed by atoms with van der Waals surface area (Å²) in [6.45, 7) is 0.687. The van der Waals surface area contributed by atoms with Gasteiger partial charge >= 0.3 is 11.9 Å². The summed E-state index contributed by atoms with van der Waals surface area (Å²) in [5.41, 5.74) is 0. The Kier molecular flexibility index (Phi) is 12.1. The average Bonchev–Trinajstić information content (AvgIpc) is 2.73. The Morgan fingerprint density at radius 2 is 1.31 bits per heavy atom. The monoisotopic (exact) mass is 454 g/mol. The molecule has 12 nitrogen and oxygen atoms in total. The normalized spacial score (nSPS) is 18.0. The first-order chi connectivity index (χ1) is 15.2. The molecule has 1 aliphatic rings. The fourth-order valence-corrected chi connectivity index (χ4v) is 2.98. The molecule has 1 rings (SSSR count). The molecular formula is C20H30N4O8. The summed E-state index contributed by atoms with van der Waals surface area (Å²) >= 11 is 0. The Morgan fingerprint density at radius 1 is 0.781 bits per heavy atom. The zero-order chi connectivity index (χ0) is 23.9. The number of carbonyl (C=O) groups excluding carboxylic acids is 4. The Hall–Kier alpha value is -3.44. The van der Waals surface area contributed by atoms with Gasteiger partial charge in [0.2, 0.25) is 23.6 Å². The molecule has 1 fully saturated rings. The number of carboxylic acid groups (broad SMARTS) is 2. The van der Waals surface area contributed by atoms with Crippen LogP contribution in [0.4, 0.5) is 0 Å². The van der Waals surface area contributed by atoms with Gasteiger partial charge in [-0.05, 0) is 38.5 Å². The molecule has 178 valence electrons. The van der Waals surface area contributed by atoms with Gasteiger partial charge in [0.05, 0.1) is 6.42 Å². The second kappa shape index (κ2) is 14.5. The smallest absolute Gasteiger partial charge is 0.328 e. The van der Waals surface area contributed by atoms with Crippen molar-refractivity contribution in [1.29, 1.82) is 0 Å². The van der Waals surface area contributed by atoms with E-state index in [-0.39, 0.29) is 30.6 Å². The first-order valence-electron chi connectivity index (χ1n) is 10.5. The van der Waals surface area contributed by atoms with Crippen LogP contribution in [0.1, 0.15) is 51.4 Å². The van der Waals surface area contributed by atoms with E-state index in [9.17, 15) is 28.8 Å². The van der Waals surface area contributed by atoms with Gasteiger partial charge in [0.15, 0.2) is 0 Å². The maximum atomic E-state index is 12.2. The number of aliphatic carboxylic acids is 2. The standard InChI is InChI=1S/C20H30N4O8/c25-15(7-9-17(27)28)21-11-3-1-5-13-19(31)24-14(20(32)23-13)6-2-4-12-22-16(26)8-10-18(29)30/h7,9,13-14H,1-6,8,10-12H2,(H,21,25)(H,22,26)(H,23,32)(H,24,31)(H,27,28)(H,29,30)/b9-7+. The van der Waals surface area contributed by atoms with Gasteiger partial charge in [-0.2, -0.15) is 0 Å². The molecule has 0 aromatic heterocycles. The van der Waals surface area contributed by atoms with E-state index in [1.54, 1.807) is 0 Å². The average molecular weight is 454 g/mol. The van der Waals surface area contributed by atoms with Crippen molar-refractivity contribution in [3.8, 4) is 0 Å². The van der Waals surface area contributed by atoms with Crippen molar-refractivity contribution in [3.63, 3.8) is 0 Å². The maximum absolute atomic E-state index is 12.2. The van der Waals surface area contributed by atoms with Crippen LogP contribution in [0, 0.1) is 0 Å². The number of amides is 4. The number of carbonyl (C=O) groups is 6. The minimum absolute atomic E-state index is 0.0774. The molecule has 2 atom stereocenters. The van der Waals surface area contributed by atoms with E-state index in [1.165, 1.54) is 0 Å². The molecule has 32 heavy (non-hydrogen) atoms. The summed E-state index contributed by atoms with van der Waals surface area (Å²) in [5, 5.41) is 27.5. The van der Waals surface area contributed by atoms with Crippen LogP contribution in [0.5, 0.6) is 0 Å². The van der Waals surface area contributed by atoms with Gasteiger partial charge in [0.1, 0.15) is 12.1 Å². The molecule has 0 aromatic rings. The summed E-state index contributed by atoms with van der Waals surface area (Å²) < 4.78 is 0. The number of unbranched alkanes of at least 4 members (excludes halogenated alkanes) is 2. The quantitative estimate of drug-likeness (QED) is 0.135. The minimum atomic E-state index is -1.21. The molecule has 0 aromatic carbocycles. The third-order valence-corrected chi connectivity index (χ3v) is 4.67. The number of piperazine rings is 1. The number of nitrogens with one attached hydrogen (secondary N) is 4. The Bertz CT molecular complexity index is 737. The van der Waals surface area contributed by atoms with Crippen molar-refractivity contribution < 1.29 is 39.0 Å². The largest absolute Gasteiger partial charge is 0.481 e. The first kappa shape index (κ1) is 26.6. The van der Waals surface area contributed by atoms with Crippen molar-refractivity contribution in [3.05, 3.63) is 12.2 Å². The zero-order valence-corrected chi connectivity index (χ0v) is 17.7. The molecule has 1 saturated heterocycles. The van der Waals surface area contributed by atoms with E-state index in [2.05, 4.69) is 21.3 Å². The third-order valence-electron chi connectivity index (χ3n) is 4.67. The molecule has 0 saturated carbocycles. The number of rotatable bonds is 15. The molecule has 4 amide bonds. The molecule has 6 N–H and O–H groups in total. The lowest BCUT2D eigenvalue weighted by Crippen LogP contribution is -2.61. The number of carboxylic acids is 2. The summed E-state index contributed by atoms with van der Waals surface area (Å²) in [5.74, 6) is -3.64. The second-order valence-electron chi connectivity index (χ2n) is 7.32. The van der Waals surface area contributed by atoms with Gasteiger partial charge in [-0.1, -0.05) is 0 Å². The molecule has 0 spiro atoms. The maximum Gasteiger partial charge on any atom is 0.328 e. The van der Waals surface area contributed by atoms with Gasteiger partial charge in [0, 0.05) is 31.7 Å². The minimum Gasteiger partial charge on any atom is -0.481 e. The Labute approximate surface area is 185 Å². The lowest BCUT2D eigenvalue weighted by molar-refractivity contribution is -0.138. The van der Waals surface area contributed by atoms with E-state index in [1.807, 2.05) is 0 Å². The summed E-state index contributed by atoms with van der Waals surface area (Å²) in [4.78, 5) is 67.9. The molecule has 2 unspecified atom stereocenters. The van der Waals surface area contributed by atoms with E-state index < -0.39 is 29.9 Å². The van der Waals surface area contributed by atoms with Crippen LogP contribution < -0.4 is 21.3 Å². The van der Waals surface area contributed by atoms with Gasteiger partial charge < -0.3 is 31.5 Å². The number of hydrogen-bond acceptors (Lipinski definition) is 6.